The first-order valence-corrected chi connectivity index (χ1v) is 14.1. The molecule has 31 heavy (non-hydrogen) atoms. The molecule has 0 aliphatic carbocycles. The van der Waals surface area contributed by atoms with E-state index in [0.717, 1.165) is 44.1 Å². The highest BCUT2D eigenvalue weighted by Crippen LogP contribution is 2.19. The summed E-state index contributed by atoms with van der Waals surface area (Å²) in [5.74, 6) is 6.68. The summed E-state index contributed by atoms with van der Waals surface area (Å²) in [7, 11) is -3.40. The van der Waals surface area contributed by atoms with Gasteiger partial charge in [-0.15, -0.1) is 11.8 Å². The predicted octanol–water partition coefficient (Wildman–Crippen LogP) is 7.24. The first kappa shape index (κ1) is 25.9. The molecule has 3 nitrogen and oxygen atoms in total. The lowest BCUT2D eigenvalue weighted by atomic mass is 10.1. The van der Waals surface area contributed by atoms with Crippen LogP contribution in [0.15, 0.2) is 29.2 Å². The summed E-state index contributed by atoms with van der Waals surface area (Å²) in [6, 6.07) is 7.31. The molecular weight excluding hydrogens is 402 g/mol. The lowest BCUT2D eigenvalue weighted by Crippen LogP contribution is -2.33. The van der Waals surface area contributed by atoms with Crippen molar-refractivity contribution in [3.05, 3.63) is 29.8 Å². The van der Waals surface area contributed by atoms with Crippen molar-refractivity contribution >= 4 is 10.0 Å². The van der Waals surface area contributed by atoms with Crippen LogP contribution >= 0.6 is 0 Å². The lowest BCUT2D eigenvalue weighted by molar-refractivity contribution is 0.383. The molecule has 0 aromatic heterocycles. The van der Waals surface area contributed by atoms with E-state index in [4.69, 9.17) is 0 Å². The molecule has 0 radical (unpaired) electrons. The summed E-state index contributed by atoms with van der Waals surface area (Å²) in [5.41, 5.74) is 1.09. The fraction of sp³-hybridized carbons (Fsp3) is 0.704. The van der Waals surface area contributed by atoms with Crippen LogP contribution in [-0.2, 0) is 10.0 Å². The second kappa shape index (κ2) is 15.5. The van der Waals surface area contributed by atoms with Crippen molar-refractivity contribution in [1.29, 1.82) is 0 Å². The molecule has 4 heteroatoms. The molecule has 0 bridgehead atoms. The third-order valence-electron chi connectivity index (χ3n) is 6.20. The zero-order chi connectivity index (χ0) is 22.2. The Morgan fingerprint density at radius 2 is 1.00 bits per heavy atom. The molecule has 1 aromatic rings. The van der Waals surface area contributed by atoms with Gasteiger partial charge in [-0.1, -0.05) is 81.9 Å². The van der Waals surface area contributed by atoms with E-state index in [1.807, 2.05) is 19.1 Å². The minimum atomic E-state index is -3.40. The minimum Gasteiger partial charge on any atom is -0.207 e. The second-order valence-corrected chi connectivity index (χ2v) is 11.0. The van der Waals surface area contributed by atoms with Crippen molar-refractivity contribution in [1.82, 2.24) is 4.31 Å². The summed E-state index contributed by atoms with van der Waals surface area (Å²) >= 11 is 0. The first-order chi connectivity index (χ1) is 15.1. The molecule has 0 saturated carbocycles. The number of rotatable bonds is 2. The average Bonchev–Trinajstić information content (AvgIpc) is 2.76. The average molecular weight is 446 g/mol. The van der Waals surface area contributed by atoms with Gasteiger partial charge in [0.15, 0.2) is 0 Å². The Kier molecular flexibility index (Phi) is 13.0. The second-order valence-electron chi connectivity index (χ2n) is 9.02. The number of benzene rings is 1. The van der Waals surface area contributed by atoms with Crippen LogP contribution in [-0.4, -0.2) is 25.8 Å². The Morgan fingerprint density at radius 3 is 1.45 bits per heavy atom. The smallest absolute Gasteiger partial charge is 0.207 e. The van der Waals surface area contributed by atoms with Crippen molar-refractivity contribution in [2.75, 3.05) is 13.1 Å². The van der Waals surface area contributed by atoms with E-state index in [0.29, 0.717) is 18.0 Å². The van der Waals surface area contributed by atoms with Crippen LogP contribution in [0.3, 0.4) is 0 Å². The number of nitrogens with zero attached hydrogens (tertiary/aromatic N) is 1. The standard InChI is InChI=1S/C27H43NO2S/c1-26-20-22-27(23-21-26)31(29,30)28-24-18-16-14-12-10-8-6-4-2-3-5-7-9-11-13-15-17-19-25-28/h20-23H,4-19,24-25H2,1H3. The van der Waals surface area contributed by atoms with E-state index < -0.39 is 10.0 Å². The molecule has 0 fully saturated rings. The molecule has 1 aliphatic heterocycles. The van der Waals surface area contributed by atoms with Gasteiger partial charge < -0.3 is 0 Å². The molecular formula is C27H43NO2S. The Balaban J connectivity index is 1.90. The van der Waals surface area contributed by atoms with Gasteiger partial charge in [0.05, 0.1) is 4.90 Å². The van der Waals surface area contributed by atoms with Crippen LogP contribution in [0.2, 0.25) is 0 Å². The Hall–Kier alpha value is -1.31. The summed E-state index contributed by atoms with van der Waals surface area (Å²) < 4.78 is 28.2. The molecule has 0 unspecified atom stereocenters. The molecule has 174 valence electrons. The minimum absolute atomic E-state index is 0.436. The molecule has 1 aliphatic rings. The zero-order valence-corrected chi connectivity index (χ0v) is 20.5. The van der Waals surface area contributed by atoms with Gasteiger partial charge in [0, 0.05) is 25.9 Å². The van der Waals surface area contributed by atoms with E-state index in [1.54, 1.807) is 16.4 Å². The largest absolute Gasteiger partial charge is 0.243 e. The van der Waals surface area contributed by atoms with Crippen molar-refractivity contribution < 1.29 is 8.42 Å². The van der Waals surface area contributed by atoms with Crippen molar-refractivity contribution in [3.8, 4) is 11.8 Å². The van der Waals surface area contributed by atoms with E-state index in [-0.39, 0.29) is 0 Å². The Labute approximate surface area is 192 Å². The molecule has 0 N–H and O–H groups in total. The van der Waals surface area contributed by atoms with Crippen LogP contribution in [0.1, 0.15) is 108 Å². The Morgan fingerprint density at radius 1 is 0.613 bits per heavy atom. The third kappa shape index (κ3) is 10.7. The van der Waals surface area contributed by atoms with Gasteiger partial charge in [-0.2, -0.15) is 4.31 Å². The van der Waals surface area contributed by atoms with Gasteiger partial charge >= 0.3 is 0 Å². The quantitative estimate of drug-likeness (QED) is 0.450. The molecule has 0 amide bonds. The number of hydrogen-bond acceptors (Lipinski definition) is 2. The maximum atomic E-state index is 13.2. The molecule has 0 spiro atoms. The monoisotopic (exact) mass is 445 g/mol. The fourth-order valence-corrected chi connectivity index (χ4v) is 5.68. The molecule has 0 saturated heterocycles. The maximum Gasteiger partial charge on any atom is 0.243 e. The van der Waals surface area contributed by atoms with E-state index in [1.165, 1.54) is 64.2 Å². The summed E-state index contributed by atoms with van der Waals surface area (Å²) in [6.07, 6.45) is 18.6. The molecule has 1 aromatic carbocycles. The third-order valence-corrected chi connectivity index (χ3v) is 8.12. The van der Waals surface area contributed by atoms with Crippen molar-refractivity contribution in [3.63, 3.8) is 0 Å². The van der Waals surface area contributed by atoms with Gasteiger partial charge in [0.25, 0.3) is 0 Å². The molecule has 0 atom stereocenters. The van der Waals surface area contributed by atoms with Crippen LogP contribution in [0.4, 0.5) is 0 Å². The number of hydrogen-bond donors (Lipinski definition) is 0. The SMILES string of the molecule is Cc1ccc(S(=O)(=O)N2CCCCCCCCCC#CCCCCCCCCC2)cc1. The van der Waals surface area contributed by atoms with Gasteiger partial charge in [-0.05, 0) is 44.7 Å². The van der Waals surface area contributed by atoms with Crippen LogP contribution < -0.4 is 0 Å². The Bertz CT molecular complexity index is 733. The zero-order valence-electron chi connectivity index (χ0n) is 19.7. The summed E-state index contributed by atoms with van der Waals surface area (Å²) in [5, 5.41) is 0. The maximum absolute atomic E-state index is 13.2. The van der Waals surface area contributed by atoms with Gasteiger partial charge in [0.2, 0.25) is 10.0 Å². The van der Waals surface area contributed by atoms with Crippen LogP contribution in [0.25, 0.3) is 0 Å². The highest BCUT2D eigenvalue weighted by Gasteiger charge is 2.23. The van der Waals surface area contributed by atoms with Gasteiger partial charge in [-0.3, -0.25) is 0 Å². The fourth-order valence-electron chi connectivity index (χ4n) is 4.16. The summed E-state index contributed by atoms with van der Waals surface area (Å²) in [4.78, 5) is 0.436. The normalized spacial score (nSPS) is 20.2. The van der Waals surface area contributed by atoms with E-state index >= 15 is 0 Å². The van der Waals surface area contributed by atoms with E-state index in [9.17, 15) is 8.42 Å². The van der Waals surface area contributed by atoms with Gasteiger partial charge in [0.1, 0.15) is 0 Å². The van der Waals surface area contributed by atoms with Gasteiger partial charge in [-0.25, -0.2) is 8.42 Å². The first-order valence-electron chi connectivity index (χ1n) is 12.6. The van der Waals surface area contributed by atoms with Crippen molar-refractivity contribution in [2.45, 2.75) is 115 Å². The molecule has 2 rings (SSSR count). The number of sulfonamides is 1. The highest BCUT2D eigenvalue weighted by atomic mass is 32.2. The predicted molar refractivity (Wildman–Crippen MR) is 132 cm³/mol. The summed E-state index contributed by atoms with van der Waals surface area (Å²) in [6.45, 7) is 3.28. The van der Waals surface area contributed by atoms with E-state index in [2.05, 4.69) is 11.8 Å². The molecule has 1 heterocycles. The number of aryl methyl sites for hydroxylation is 1. The van der Waals surface area contributed by atoms with Crippen molar-refractivity contribution in [2.24, 2.45) is 0 Å². The lowest BCUT2D eigenvalue weighted by Gasteiger charge is -2.22. The van der Waals surface area contributed by atoms with Crippen LogP contribution in [0.5, 0.6) is 0 Å². The topological polar surface area (TPSA) is 37.4 Å². The highest BCUT2D eigenvalue weighted by molar-refractivity contribution is 7.89. The van der Waals surface area contributed by atoms with Crippen LogP contribution in [0, 0.1) is 18.8 Å².